The molecule has 26 heavy (non-hydrogen) atoms. The van der Waals surface area contributed by atoms with E-state index in [2.05, 4.69) is 32.7 Å². The lowest BCUT2D eigenvalue weighted by Gasteiger charge is -2.22. The van der Waals surface area contributed by atoms with Crippen molar-refractivity contribution in [2.75, 3.05) is 0 Å². The summed E-state index contributed by atoms with van der Waals surface area (Å²) in [6, 6.07) is 8.87. The molecule has 1 aliphatic carbocycles. The highest BCUT2D eigenvalue weighted by molar-refractivity contribution is 5.86. The number of benzene rings is 2. The number of nitrogens with zero attached hydrogens (tertiary/aromatic N) is 2. The highest BCUT2D eigenvalue weighted by Gasteiger charge is 2.47. The average molecular weight is 352 g/mol. The summed E-state index contributed by atoms with van der Waals surface area (Å²) >= 11 is 0. The average Bonchev–Trinajstić information content (AvgIpc) is 2.70. The number of fused-ring (bicyclic) bond motifs is 1. The van der Waals surface area contributed by atoms with Crippen LogP contribution in [-0.2, 0) is 10.8 Å². The number of para-hydroxylation sites is 1. The molecular formula is C21H24N2O3. The van der Waals surface area contributed by atoms with Gasteiger partial charge in [-0.05, 0) is 47.9 Å². The highest BCUT2D eigenvalue weighted by atomic mass is 16.6. The first-order valence-corrected chi connectivity index (χ1v) is 8.69. The molecule has 0 radical (unpaired) electrons. The van der Waals surface area contributed by atoms with E-state index in [9.17, 15) is 15.2 Å². The number of nitro benzene ring substituents is 1. The lowest BCUT2D eigenvalue weighted by molar-refractivity contribution is -0.386. The number of rotatable bonds is 3. The lowest BCUT2D eigenvalue weighted by atomic mass is 9.81. The second-order valence-corrected chi connectivity index (χ2v) is 8.31. The summed E-state index contributed by atoms with van der Waals surface area (Å²) in [4.78, 5) is 16.1. The molecule has 0 saturated carbocycles. The van der Waals surface area contributed by atoms with Gasteiger partial charge in [-0.25, -0.2) is 0 Å². The van der Waals surface area contributed by atoms with Crippen LogP contribution in [0.5, 0.6) is 5.75 Å². The number of aromatic hydroxyl groups is 1. The molecule has 0 bridgehead atoms. The Morgan fingerprint density at radius 2 is 1.85 bits per heavy atom. The Morgan fingerprint density at radius 3 is 2.46 bits per heavy atom. The molecule has 2 aromatic carbocycles. The van der Waals surface area contributed by atoms with Gasteiger partial charge >= 0.3 is 0 Å². The molecule has 0 saturated heterocycles. The molecule has 0 amide bonds. The first kappa shape index (κ1) is 18.1. The summed E-state index contributed by atoms with van der Waals surface area (Å²) in [5, 5.41) is 21.8. The number of phenols is 1. The van der Waals surface area contributed by atoms with E-state index >= 15 is 0 Å². The number of hydrogen-bond acceptors (Lipinski definition) is 4. The first-order valence-electron chi connectivity index (χ1n) is 8.69. The van der Waals surface area contributed by atoms with Crippen LogP contribution >= 0.6 is 0 Å². The fourth-order valence-corrected chi connectivity index (χ4v) is 4.36. The molecule has 0 aromatic heterocycles. The van der Waals surface area contributed by atoms with Gasteiger partial charge in [0.25, 0.3) is 5.69 Å². The van der Waals surface area contributed by atoms with Crippen LogP contribution in [0.3, 0.4) is 0 Å². The van der Waals surface area contributed by atoms with Crippen LogP contribution in [0.25, 0.3) is 0 Å². The van der Waals surface area contributed by atoms with E-state index in [1.54, 1.807) is 31.3 Å². The summed E-state index contributed by atoms with van der Waals surface area (Å²) in [7, 11) is 0. The van der Waals surface area contributed by atoms with Crippen LogP contribution in [0.15, 0.2) is 35.3 Å². The zero-order valence-corrected chi connectivity index (χ0v) is 15.8. The summed E-state index contributed by atoms with van der Waals surface area (Å²) in [6.45, 7) is 10.1. The molecule has 1 aliphatic rings. The normalized spacial score (nSPS) is 17.4. The standard InChI is InChI=1S/C21H24N2O3/c1-13-16(22-11-14-8-6-7-9-17(14)24)10-15-18(19(13)23(25)26)21(4,5)12-20(15,2)3/h6-11,24H,12H2,1-5H3. The zero-order valence-electron chi connectivity index (χ0n) is 15.8. The predicted octanol–water partition coefficient (Wildman–Crippen LogP) is 5.32. The Balaban J connectivity index is 2.22. The molecule has 0 heterocycles. The third kappa shape index (κ3) is 2.87. The maximum Gasteiger partial charge on any atom is 0.278 e. The van der Waals surface area contributed by atoms with Gasteiger partial charge in [0.05, 0.1) is 16.2 Å². The first-order chi connectivity index (χ1) is 12.0. The number of hydrogen-bond donors (Lipinski definition) is 1. The quantitative estimate of drug-likeness (QED) is 0.461. The summed E-state index contributed by atoms with van der Waals surface area (Å²) in [5.74, 6) is 0.131. The smallest absolute Gasteiger partial charge is 0.278 e. The Morgan fingerprint density at radius 1 is 1.19 bits per heavy atom. The van der Waals surface area contributed by atoms with E-state index in [1.165, 1.54) is 0 Å². The van der Waals surface area contributed by atoms with Gasteiger partial charge < -0.3 is 5.11 Å². The van der Waals surface area contributed by atoms with Crippen molar-refractivity contribution in [3.05, 3.63) is 62.7 Å². The third-order valence-electron chi connectivity index (χ3n) is 5.28. The third-order valence-corrected chi connectivity index (χ3v) is 5.28. The van der Waals surface area contributed by atoms with E-state index in [4.69, 9.17) is 0 Å². The van der Waals surface area contributed by atoms with Crippen molar-refractivity contribution in [3.8, 4) is 5.75 Å². The van der Waals surface area contributed by atoms with Crippen molar-refractivity contribution < 1.29 is 10.0 Å². The van der Waals surface area contributed by atoms with Gasteiger partial charge in [0, 0.05) is 17.3 Å². The molecule has 0 unspecified atom stereocenters. The van der Waals surface area contributed by atoms with Crippen molar-refractivity contribution in [2.45, 2.75) is 51.9 Å². The summed E-state index contributed by atoms with van der Waals surface area (Å²) in [6.07, 6.45) is 2.41. The molecule has 0 fully saturated rings. The van der Waals surface area contributed by atoms with Crippen LogP contribution in [-0.4, -0.2) is 16.2 Å². The second kappa shape index (κ2) is 5.94. The maximum absolute atomic E-state index is 11.9. The van der Waals surface area contributed by atoms with Crippen molar-refractivity contribution in [3.63, 3.8) is 0 Å². The van der Waals surface area contributed by atoms with Crippen LogP contribution in [0.1, 0.15) is 56.4 Å². The number of nitro groups is 1. The van der Waals surface area contributed by atoms with Gasteiger partial charge in [-0.3, -0.25) is 15.1 Å². The van der Waals surface area contributed by atoms with E-state index in [0.29, 0.717) is 16.8 Å². The molecule has 5 nitrogen and oxygen atoms in total. The van der Waals surface area contributed by atoms with Crippen molar-refractivity contribution >= 4 is 17.6 Å². The molecule has 136 valence electrons. The monoisotopic (exact) mass is 352 g/mol. The molecule has 0 spiro atoms. The largest absolute Gasteiger partial charge is 0.507 e. The molecule has 5 heteroatoms. The fourth-order valence-electron chi connectivity index (χ4n) is 4.36. The topological polar surface area (TPSA) is 75.7 Å². The maximum atomic E-state index is 11.9. The van der Waals surface area contributed by atoms with E-state index in [0.717, 1.165) is 17.5 Å². The predicted molar refractivity (Wildman–Crippen MR) is 104 cm³/mol. The molecule has 0 aliphatic heterocycles. The minimum Gasteiger partial charge on any atom is -0.507 e. The van der Waals surface area contributed by atoms with Gasteiger partial charge in [0.1, 0.15) is 5.75 Å². The van der Waals surface area contributed by atoms with Crippen LogP contribution < -0.4 is 0 Å². The Bertz CT molecular complexity index is 927. The molecule has 0 atom stereocenters. The highest BCUT2D eigenvalue weighted by Crippen LogP contribution is 2.55. The van der Waals surface area contributed by atoms with Gasteiger partial charge in [-0.15, -0.1) is 0 Å². The van der Waals surface area contributed by atoms with Gasteiger partial charge in [-0.2, -0.15) is 0 Å². The SMILES string of the molecule is Cc1c(N=Cc2ccccc2O)cc2c(c1[N+](=O)[O-])C(C)(C)CC2(C)C. The van der Waals surface area contributed by atoms with E-state index < -0.39 is 0 Å². The van der Waals surface area contributed by atoms with Crippen LogP contribution in [0.2, 0.25) is 0 Å². The van der Waals surface area contributed by atoms with Crippen molar-refractivity contribution in [2.24, 2.45) is 4.99 Å². The van der Waals surface area contributed by atoms with Gasteiger partial charge in [0.2, 0.25) is 0 Å². The van der Waals surface area contributed by atoms with Gasteiger partial charge in [0.15, 0.2) is 0 Å². The fraction of sp³-hybridized carbons (Fsp3) is 0.381. The van der Waals surface area contributed by atoms with Crippen molar-refractivity contribution in [1.82, 2.24) is 0 Å². The van der Waals surface area contributed by atoms with E-state index in [-0.39, 0.29) is 27.2 Å². The Hall–Kier alpha value is -2.69. The summed E-state index contributed by atoms with van der Waals surface area (Å²) < 4.78 is 0. The Kier molecular flexibility index (Phi) is 4.14. The molecule has 1 N–H and O–H groups in total. The minimum absolute atomic E-state index is 0.131. The van der Waals surface area contributed by atoms with Crippen LogP contribution in [0.4, 0.5) is 11.4 Å². The molecule has 2 aromatic rings. The van der Waals surface area contributed by atoms with Crippen LogP contribution in [0, 0.1) is 17.0 Å². The number of phenolic OH excluding ortho intramolecular Hbond substituents is 1. The number of aliphatic imine (C=N–C) groups is 1. The summed E-state index contributed by atoms with van der Waals surface area (Å²) in [5.41, 5.74) is 3.28. The lowest BCUT2D eigenvalue weighted by Crippen LogP contribution is -2.18. The van der Waals surface area contributed by atoms with Gasteiger partial charge in [-0.1, -0.05) is 39.8 Å². The second-order valence-electron chi connectivity index (χ2n) is 8.31. The molecule has 3 rings (SSSR count). The van der Waals surface area contributed by atoms with E-state index in [1.807, 2.05) is 12.1 Å². The van der Waals surface area contributed by atoms with Crippen molar-refractivity contribution in [1.29, 1.82) is 0 Å². The Labute approximate surface area is 153 Å². The molecular weight excluding hydrogens is 328 g/mol. The minimum atomic E-state index is -0.281. The zero-order chi connectivity index (χ0) is 19.3.